The minimum absolute atomic E-state index is 0.147. The number of hydrogen-bond acceptors (Lipinski definition) is 4. The van der Waals surface area contributed by atoms with Crippen LogP contribution in [-0.4, -0.2) is 22.8 Å². The largest absolute Gasteiger partial charge is 0.504 e. The molecule has 0 saturated carbocycles. The Hall–Kier alpha value is -1.71. The Morgan fingerprint density at radius 1 is 0.957 bits per heavy atom. The molecule has 1 rings (SSSR count). The first kappa shape index (κ1) is 19.3. The van der Waals surface area contributed by atoms with Crippen LogP contribution in [0.1, 0.15) is 70.3 Å². The van der Waals surface area contributed by atoms with Crippen molar-refractivity contribution in [3.8, 4) is 11.5 Å². The normalized spacial score (nSPS) is 10.7. The maximum atomic E-state index is 11.6. The molecule has 0 radical (unpaired) electrons. The minimum atomic E-state index is -0.208. The van der Waals surface area contributed by atoms with Crippen molar-refractivity contribution in [3.05, 3.63) is 23.8 Å². The van der Waals surface area contributed by atoms with Gasteiger partial charge in [0, 0.05) is 6.42 Å². The summed E-state index contributed by atoms with van der Waals surface area (Å²) in [5.74, 6) is -0.513. The SMILES string of the molecule is CCCCCCCCCCOC(=O)CCc1ccc(O)c(O)c1. The van der Waals surface area contributed by atoms with Gasteiger partial charge >= 0.3 is 5.97 Å². The zero-order valence-electron chi connectivity index (χ0n) is 14.2. The molecule has 0 heterocycles. The van der Waals surface area contributed by atoms with Gasteiger partial charge in [0.2, 0.25) is 0 Å². The Balaban J connectivity index is 2.01. The van der Waals surface area contributed by atoms with Crippen molar-refractivity contribution in [3.63, 3.8) is 0 Å². The van der Waals surface area contributed by atoms with E-state index >= 15 is 0 Å². The Morgan fingerprint density at radius 2 is 1.61 bits per heavy atom. The van der Waals surface area contributed by atoms with Gasteiger partial charge in [-0.1, -0.05) is 57.9 Å². The fourth-order valence-electron chi connectivity index (χ4n) is 2.47. The third-order valence-electron chi connectivity index (χ3n) is 3.92. The van der Waals surface area contributed by atoms with Gasteiger partial charge in [0.15, 0.2) is 11.5 Å². The van der Waals surface area contributed by atoms with Gasteiger partial charge in [-0.2, -0.15) is 0 Å². The van der Waals surface area contributed by atoms with Gasteiger partial charge in [-0.3, -0.25) is 4.79 Å². The minimum Gasteiger partial charge on any atom is -0.504 e. The molecule has 2 N–H and O–H groups in total. The van der Waals surface area contributed by atoms with Crippen LogP contribution in [0.25, 0.3) is 0 Å². The van der Waals surface area contributed by atoms with Crippen LogP contribution >= 0.6 is 0 Å². The second-order valence-electron chi connectivity index (χ2n) is 6.02. The van der Waals surface area contributed by atoms with Crippen LogP contribution in [0.3, 0.4) is 0 Å². The molecule has 130 valence electrons. The van der Waals surface area contributed by atoms with Gasteiger partial charge in [-0.25, -0.2) is 0 Å². The molecule has 0 amide bonds. The molecule has 0 saturated heterocycles. The monoisotopic (exact) mass is 322 g/mol. The number of ether oxygens (including phenoxy) is 1. The van der Waals surface area contributed by atoms with Crippen molar-refractivity contribution < 1.29 is 19.7 Å². The molecule has 1 aromatic carbocycles. The molecule has 1 aromatic rings. The number of rotatable bonds is 12. The maximum Gasteiger partial charge on any atom is 0.306 e. The van der Waals surface area contributed by atoms with E-state index in [2.05, 4.69) is 6.92 Å². The average molecular weight is 322 g/mol. The Bertz CT molecular complexity index is 457. The van der Waals surface area contributed by atoms with Crippen molar-refractivity contribution in [2.75, 3.05) is 6.61 Å². The van der Waals surface area contributed by atoms with Gasteiger partial charge in [-0.15, -0.1) is 0 Å². The zero-order chi connectivity index (χ0) is 16.9. The fraction of sp³-hybridized carbons (Fsp3) is 0.632. The van der Waals surface area contributed by atoms with E-state index in [1.54, 1.807) is 6.07 Å². The topological polar surface area (TPSA) is 66.8 Å². The molecule has 0 bridgehead atoms. The summed E-state index contributed by atoms with van der Waals surface area (Å²) in [6, 6.07) is 4.60. The third kappa shape index (κ3) is 9.11. The molecule has 0 unspecified atom stereocenters. The van der Waals surface area contributed by atoms with Crippen LogP contribution in [0, 0.1) is 0 Å². The summed E-state index contributed by atoms with van der Waals surface area (Å²) >= 11 is 0. The average Bonchev–Trinajstić information content (AvgIpc) is 2.54. The van der Waals surface area contributed by atoms with Crippen molar-refractivity contribution in [2.45, 2.75) is 71.1 Å². The van der Waals surface area contributed by atoms with Gasteiger partial charge in [0.25, 0.3) is 0 Å². The molecule has 0 fully saturated rings. The number of benzene rings is 1. The number of aromatic hydroxyl groups is 2. The van der Waals surface area contributed by atoms with Crippen LogP contribution < -0.4 is 0 Å². The number of carbonyl (C=O) groups is 1. The lowest BCUT2D eigenvalue weighted by Crippen LogP contribution is -2.07. The standard InChI is InChI=1S/C19H30O4/c1-2-3-4-5-6-7-8-9-14-23-19(22)13-11-16-10-12-17(20)18(21)15-16/h10,12,15,20-21H,2-9,11,13-14H2,1H3. The van der Waals surface area contributed by atoms with Crippen LogP contribution in [-0.2, 0) is 16.0 Å². The summed E-state index contributed by atoms with van der Waals surface area (Å²) in [5, 5.41) is 18.6. The smallest absolute Gasteiger partial charge is 0.306 e. The number of esters is 1. The summed E-state index contributed by atoms with van der Waals surface area (Å²) in [6.45, 7) is 2.72. The summed E-state index contributed by atoms with van der Waals surface area (Å²) in [4.78, 5) is 11.6. The quantitative estimate of drug-likeness (QED) is 0.332. The van der Waals surface area contributed by atoms with E-state index in [-0.39, 0.29) is 17.5 Å². The molecule has 0 aliphatic heterocycles. The molecule has 23 heavy (non-hydrogen) atoms. The molecule has 0 aliphatic rings. The van der Waals surface area contributed by atoms with Crippen LogP contribution in [0.4, 0.5) is 0 Å². The summed E-state index contributed by atoms with van der Waals surface area (Å²) in [7, 11) is 0. The van der Waals surface area contributed by atoms with E-state index < -0.39 is 0 Å². The van der Waals surface area contributed by atoms with E-state index in [0.29, 0.717) is 19.4 Å². The van der Waals surface area contributed by atoms with Gasteiger partial charge < -0.3 is 14.9 Å². The van der Waals surface area contributed by atoms with Crippen LogP contribution in [0.5, 0.6) is 11.5 Å². The lowest BCUT2D eigenvalue weighted by molar-refractivity contribution is -0.143. The Morgan fingerprint density at radius 3 is 2.26 bits per heavy atom. The maximum absolute atomic E-state index is 11.6. The molecule has 0 spiro atoms. The zero-order valence-corrected chi connectivity index (χ0v) is 14.2. The van der Waals surface area contributed by atoms with Crippen molar-refractivity contribution in [1.29, 1.82) is 0 Å². The van der Waals surface area contributed by atoms with Crippen LogP contribution in [0.15, 0.2) is 18.2 Å². The highest BCUT2D eigenvalue weighted by Crippen LogP contribution is 2.25. The first-order chi connectivity index (χ1) is 11.1. The van der Waals surface area contributed by atoms with Gasteiger partial charge in [0.05, 0.1) is 6.61 Å². The van der Waals surface area contributed by atoms with E-state index in [4.69, 9.17) is 4.74 Å². The molecule has 4 heteroatoms. The molecular formula is C19H30O4. The van der Waals surface area contributed by atoms with E-state index in [1.807, 2.05) is 0 Å². The fourth-order valence-corrected chi connectivity index (χ4v) is 2.47. The first-order valence-electron chi connectivity index (χ1n) is 8.80. The number of aryl methyl sites for hydroxylation is 1. The first-order valence-corrected chi connectivity index (χ1v) is 8.80. The van der Waals surface area contributed by atoms with Gasteiger partial charge in [-0.05, 0) is 30.5 Å². The van der Waals surface area contributed by atoms with E-state index in [1.165, 1.54) is 50.7 Å². The second kappa shape index (κ2) is 11.8. The Kier molecular flexibility index (Phi) is 9.92. The number of hydrogen-bond donors (Lipinski definition) is 2. The van der Waals surface area contributed by atoms with E-state index in [0.717, 1.165) is 18.4 Å². The molecular weight excluding hydrogens is 292 g/mol. The summed E-state index contributed by atoms with van der Waals surface area (Å²) in [6.07, 6.45) is 10.6. The highest BCUT2D eigenvalue weighted by atomic mass is 16.5. The van der Waals surface area contributed by atoms with Crippen molar-refractivity contribution >= 4 is 5.97 Å². The predicted molar refractivity (Wildman–Crippen MR) is 91.7 cm³/mol. The highest BCUT2D eigenvalue weighted by molar-refractivity contribution is 5.69. The lowest BCUT2D eigenvalue weighted by Gasteiger charge is -2.06. The van der Waals surface area contributed by atoms with E-state index in [9.17, 15) is 15.0 Å². The number of unbranched alkanes of at least 4 members (excludes halogenated alkanes) is 7. The third-order valence-corrected chi connectivity index (χ3v) is 3.92. The van der Waals surface area contributed by atoms with Gasteiger partial charge in [0.1, 0.15) is 0 Å². The highest BCUT2D eigenvalue weighted by Gasteiger charge is 2.06. The number of phenols is 2. The molecule has 4 nitrogen and oxygen atoms in total. The summed E-state index contributed by atoms with van der Waals surface area (Å²) in [5.41, 5.74) is 0.810. The summed E-state index contributed by atoms with van der Waals surface area (Å²) < 4.78 is 5.21. The van der Waals surface area contributed by atoms with Crippen LogP contribution in [0.2, 0.25) is 0 Å². The molecule has 0 aliphatic carbocycles. The number of phenolic OH excluding ortho intramolecular Hbond substituents is 2. The van der Waals surface area contributed by atoms with Crippen molar-refractivity contribution in [2.24, 2.45) is 0 Å². The second-order valence-corrected chi connectivity index (χ2v) is 6.02. The Labute approximate surface area is 139 Å². The molecule has 0 atom stereocenters. The lowest BCUT2D eigenvalue weighted by atomic mass is 10.1. The van der Waals surface area contributed by atoms with Crippen molar-refractivity contribution in [1.82, 2.24) is 0 Å². The predicted octanol–water partition coefficient (Wildman–Crippen LogP) is 4.71. The number of carbonyl (C=O) groups excluding carboxylic acids is 1. The molecule has 0 aromatic heterocycles.